The monoisotopic (exact) mass is 736 g/mol. The molecule has 51 heavy (non-hydrogen) atoms. The lowest BCUT2D eigenvalue weighted by Gasteiger charge is -2.54. The van der Waals surface area contributed by atoms with E-state index in [9.17, 15) is 44.8 Å². The predicted molar refractivity (Wildman–Crippen MR) is 171 cm³/mol. The minimum atomic E-state index is -4.96. The van der Waals surface area contributed by atoms with Crippen LogP contribution in [0, 0.1) is 11.2 Å². The number of ketones is 1. The lowest BCUT2D eigenvalue weighted by molar-refractivity contribution is -0.297. The second-order valence-electron chi connectivity index (χ2n) is 13.4. The molecule has 3 aromatic heterocycles. The van der Waals surface area contributed by atoms with Crippen LogP contribution in [0.25, 0.3) is 11.8 Å². The van der Waals surface area contributed by atoms with Crippen LogP contribution in [-0.4, -0.2) is 73.7 Å². The van der Waals surface area contributed by atoms with Crippen LogP contribution in [-0.2, 0) is 29.4 Å². The SMILES string of the molecule is C=S(=O)(c1ccn(C)n1)N(C1CC(O)(C(F)(F)F)C1)[C@H]1CCC2=Cc3c(cnn3-c3ccc(F)cc3)C[C@]2(C(=O)c2cc(C(F)(F)F)ccn2)C1. The molecular weight excluding hydrogens is 705 g/mol. The molecule has 1 N–H and O–H groups in total. The van der Waals surface area contributed by atoms with Crippen LogP contribution in [0.5, 0.6) is 0 Å². The van der Waals surface area contributed by atoms with E-state index >= 15 is 0 Å². The molecule has 0 spiro atoms. The van der Waals surface area contributed by atoms with Crippen molar-refractivity contribution >= 4 is 27.4 Å². The Kier molecular flexibility index (Phi) is 8.15. The lowest BCUT2D eigenvalue weighted by Crippen LogP contribution is -2.65. The van der Waals surface area contributed by atoms with E-state index in [-0.39, 0.29) is 30.7 Å². The number of pyridine rings is 1. The second kappa shape index (κ2) is 11.8. The molecule has 2 fully saturated rings. The zero-order chi connectivity index (χ0) is 36.7. The van der Waals surface area contributed by atoms with Crippen LogP contribution in [0.1, 0.15) is 59.4 Å². The third-order valence-electron chi connectivity index (χ3n) is 10.2. The maximum atomic E-state index is 14.7. The molecule has 0 bridgehead atoms. The minimum absolute atomic E-state index is 0.0137. The highest BCUT2D eigenvalue weighted by Crippen LogP contribution is 2.54. The fraction of sp³-hybridized carbons (Fsp3) is 0.382. The Morgan fingerprint density at radius 2 is 1.76 bits per heavy atom. The maximum Gasteiger partial charge on any atom is 0.417 e. The number of halogens is 7. The average molecular weight is 737 g/mol. The van der Waals surface area contributed by atoms with Gasteiger partial charge in [0.05, 0.1) is 38.3 Å². The van der Waals surface area contributed by atoms with Crippen LogP contribution in [0.2, 0.25) is 0 Å². The molecule has 3 aliphatic carbocycles. The Morgan fingerprint density at radius 3 is 2.39 bits per heavy atom. The fourth-order valence-corrected chi connectivity index (χ4v) is 9.69. The van der Waals surface area contributed by atoms with Gasteiger partial charge < -0.3 is 5.11 Å². The van der Waals surface area contributed by atoms with Crippen LogP contribution in [0.3, 0.4) is 0 Å². The first-order valence-electron chi connectivity index (χ1n) is 15.9. The zero-order valence-electron chi connectivity index (χ0n) is 27.0. The minimum Gasteiger partial charge on any atom is -0.380 e. The standard InChI is InChI=1S/C34H31F7N6O3S/c1-45-12-10-29(44-45)51(2,50)47(26-17-32(49,18-26)34(39,40)41)25-6-3-21-14-28-20(19-43-46(28)24-7-4-23(35)5-8-24)15-31(21,16-25)30(48)27-13-22(9-11-42-27)33(36,37)38/h4-5,7-14,19,25-26,49H,2-3,6,15-18H2,1H3/t25-,26?,31-,32?,51?/m0/s1. The quantitative estimate of drug-likeness (QED) is 0.143. The summed E-state index contributed by atoms with van der Waals surface area (Å²) in [7, 11) is -2.07. The van der Waals surface area contributed by atoms with Gasteiger partial charge in [0.25, 0.3) is 0 Å². The summed E-state index contributed by atoms with van der Waals surface area (Å²) < 4.78 is 115. The first kappa shape index (κ1) is 35.1. The molecule has 3 aliphatic rings. The van der Waals surface area contributed by atoms with E-state index in [1.54, 1.807) is 17.8 Å². The topological polar surface area (TPSA) is 106 Å². The number of fused-ring (bicyclic) bond motifs is 2. The number of aromatic nitrogens is 5. The molecule has 4 aromatic rings. The number of hydrogen-bond donors (Lipinski definition) is 1. The molecule has 0 amide bonds. The number of allylic oxidation sites excluding steroid dienone is 1. The smallest absolute Gasteiger partial charge is 0.380 e. The number of aliphatic hydroxyl groups is 1. The van der Waals surface area contributed by atoms with Crippen molar-refractivity contribution in [2.75, 3.05) is 0 Å². The van der Waals surface area contributed by atoms with Gasteiger partial charge in [-0.05, 0) is 85.7 Å². The van der Waals surface area contributed by atoms with Gasteiger partial charge in [0.1, 0.15) is 11.5 Å². The predicted octanol–water partition coefficient (Wildman–Crippen LogP) is 5.97. The number of aryl methyl sites for hydroxylation is 1. The molecule has 0 saturated heterocycles. The van der Waals surface area contributed by atoms with Crippen LogP contribution < -0.4 is 0 Å². The molecule has 270 valence electrons. The number of nitrogens with zero attached hydrogens (tertiary/aromatic N) is 6. The van der Waals surface area contributed by atoms with E-state index in [0.717, 1.165) is 12.3 Å². The summed E-state index contributed by atoms with van der Waals surface area (Å²) in [6.45, 7) is 0. The molecule has 17 heteroatoms. The van der Waals surface area contributed by atoms with Gasteiger partial charge in [-0.25, -0.2) is 17.6 Å². The molecule has 9 nitrogen and oxygen atoms in total. The summed E-state index contributed by atoms with van der Waals surface area (Å²) in [4.78, 5) is 18.7. The largest absolute Gasteiger partial charge is 0.417 e. The number of benzene rings is 1. The summed E-state index contributed by atoms with van der Waals surface area (Å²) in [5, 5.41) is 19.1. The van der Waals surface area contributed by atoms with Crippen molar-refractivity contribution in [3.8, 4) is 5.69 Å². The highest BCUT2D eigenvalue weighted by Gasteiger charge is 2.64. The van der Waals surface area contributed by atoms with Gasteiger partial charge >= 0.3 is 12.4 Å². The molecular formula is C34H31F7N6O3S. The molecule has 1 unspecified atom stereocenters. The third-order valence-corrected chi connectivity index (χ3v) is 12.4. The number of alkyl halides is 6. The summed E-state index contributed by atoms with van der Waals surface area (Å²) in [6.07, 6.45) is -5.68. The van der Waals surface area contributed by atoms with E-state index in [0.29, 0.717) is 28.6 Å². The number of hydrogen-bond acceptors (Lipinski definition) is 6. The highest BCUT2D eigenvalue weighted by molar-refractivity contribution is 7.98. The van der Waals surface area contributed by atoms with Gasteiger partial charge in [-0.1, -0.05) is 5.57 Å². The van der Waals surface area contributed by atoms with Crippen LogP contribution >= 0.6 is 0 Å². The van der Waals surface area contributed by atoms with Crippen molar-refractivity contribution < 1.29 is 44.8 Å². The van der Waals surface area contributed by atoms with E-state index in [1.807, 2.05) is 0 Å². The normalized spacial score (nSPS) is 26.1. The molecule has 0 aliphatic heterocycles. The molecule has 7 rings (SSSR count). The Hall–Kier alpha value is -4.35. The summed E-state index contributed by atoms with van der Waals surface area (Å²) in [6, 6.07) is 6.40. The number of Topliss-reactive ketones (excluding diaryl/α,β-unsaturated/α-hetero) is 1. The van der Waals surface area contributed by atoms with Gasteiger partial charge in [-0.3, -0.25) is 14.5 Å². The molecule has 1 aromatic carbocycles. The van der Waals surface area contributed by atoms with Crippen molar-refractivity contribution in [2.24, 2.45) is 12.5 Å². The highest BCUT2D eigenvalue weighted by atomic mass is 32.2. The summed E-state index contributed by atoms with van der Waals surface area (Å²) in [5.41, 5.74) is -4.02. The van der Waals surface area contributed by atoms with Gasteiger partial charge in [0, 0.05) is 44.4 Å². The Bertz CT molecular complexity index is 2150. The molecule has 0 radical (unpaired) electrons. The van der Waals surface area contributed by atoms with Crippen LogP contribution in [0.15, 0.2) is 71.7 Å². The Balaban J connectivity index is 1.34. The van der Waals surface area contributed by atoms with E-state index in [4.69, 9.17) is 0 Å². The van der Waals surface area contributed by atoms with Gasteiger partial charge in [0.15, 0.2) is 16.4 Å². The first-order chi connectivity index (χ1) is 23.8. The summed E-state index contributed by atoms with van der Waals surface area (Å²) in [5.74, 6) is 2.71. The lowest BCUT2D eigenvalue weighted by atomic mass is 9.60. The van der Waals surface area contributed by atoms with Crippen molar-refractivity contribution in [1.29, 1.82) is 0 Å². The number of carbonyl (C=O) groups is 1. The fourth-order valence-electron chi connectivity index (χ4n) is 7.65. The van der Waals surface area contributed by atoms with E-state index in [2.05, 4.69) is 21.1 Å². The third kappa shape index (κ3) is 5.88. The van der Waals surface area contributed by atoms with Crippen molar-refractivity contribution in [1.82, 2.24) is 28.9 Å². The number of carbonyl (C=O) groups excluding carboxylic acids is 1. The van der Waals surface area contributed by atoms with E-state index < -0.39 is 80.9 Å². The van der Waals surface area contributed by atoms with Crippen molar-refractivity contribution in [3.63, 3.8) is 0 Å². The maximum absolute atomic E-state index is 14.7. The average Bonchev–Trinajstić information content (AvgIpc) is 3.68. The zero-order valence-corrected chi connectivity index (χ0v) is 27.8. The first-order valence-corrected chi connectivity index (χ1v) is 17.6. The molecule has 3 atom stereocenters. The van der Waals surface area contributed by atoms with Crippen molar-refractivity contribution in [3.05, 3.63) is 95.0 Å². The Labute approximate surface area is 287 Å². The second-order valence-corrected chi connectivity index (χ2v) is 15.6. The van der Waals surface area contributed by atoms with Crippen LogP contribution in [0.4, 0.5) is 30.7 Å². The molecule has 3 heterocycles. The number of rotatable bonds is 7. The van der Waals surface area contributed by atoms with Crippen molar-refractivity contribution in [2.45, 2.75) is 73.6 Å². The van der Waals surface area contributed by atoms with E-state index in [1.165, 1.54) is 51.7 Å². The van der Waals surface area contributed by atoms with Gasteiger partial charge in [0.2, 0.25) is 0 Å². The van der Waals surface area contributed by atoms with Gasteiger partial charge in [-0.2, -0.15) is 36.5 Å². The summed E-state index contributed by atoms with van der Waals surface area (Å²) >= 11 is 0. The van der Waals surface area contributed by atoms with Gasteiger partial charge in [-0.15, -0.1) is 0 Å². The molecule has 2 saturated carbocycles. The Morgan fingerprint density at radius 1 is 1.06 bits per heavy atom.